The Labute approximate surface area is 56.3 Å². The highest BCUT2D eigenvalue weighted by molar-refractivity contribution is 5.93. The summed E-state index contributed by atoms with van der Waals surface area (Å²) < 4.78 is 17.1. The monoisotopic (exact) mass is 138 g/mol. The normalized spacial score (nSPS) is 21.3. The summed E-state index contributed by atoms with van der Waals surface area (Å²) in [5.74, 6) is -1.35. The zero-order chi connectivity index (χ0) is 7.14. The number of carbonyl (C=O) groups excluding carboxylic acids is 1. The van der Waals surface area contributed by atoms with Crippen LogP contribution in [0.3, 0.4) is 0 Å². The topological polar surface area (TPSA) is 26.3 Å². The first-order valence-corrected chi connectivity index (χ1v) is 2.80. The van der Waals surface area contributed by atoms with Crippen LogP contribution >= 0.6 is 0 Å². The van der Waals surface area contributed by atoms with Crippen LogP contribution in [0.2, 0.25) is 0 Å². The predicted molar refractivity (Wildman–Crippen MR) is 31.4 cm³/mol. The fourth-order valence-electron chi connectivity index (χ4n) is 0.929. The second-order valence-electron chi connectivity index (χ2n) is 2.01. The maximum atomic E-state index is 12.6. The van der Waals surface area contributed by atoms with Crippen LogP contribution in [0.4, 0.5) is 4.39 Å². The first-order chi connectivity index (χ1) is 4.79. The smallest absolute Gasteiger partial charge is 0.373 e. The number of hydrogen-bond donors (Lipinski definition) is 0. The molecule has 0 unspecified atom stereocenters. The van der Waals surface area contributed by atoms with Crippen LogP contribution < -0.4 is 0 Å². The minimum Gasteiger partial charge on any atom is -0.420 e. The number of ether oxygens (including phenoxy) is 1. The van der Waals surface area contributed by atoms with Crippen LogP contribution in [0, 0.1) is 0 Å². The number of halogens is 1. The minimum absolute atomic E-state index is 0.269. The Hall–Kier alpha value is -1.38. The van der Waals surface area contributed by atoms with Gasteiger partial charge in [-0.3, -0.25) is 0 Å². The van der Waals surface area contributed by atoms with E-state index in [1.165, 1.54) is 6.08 Å². The zero-order valence-electron chi connectivity index (χ0n) is 4.93. The Morgan fingerprint density at radius 3 is 3.00 bits per heavy atom. The molecule has 0 aromatic rings. The molecule has 1 aliphatic heterocycles. The fraction of sp³-hybridized carbons (Fsp3) is 0. The Morgan fingerprint density at radius 2 is 2.30 bits per heavy atom. The molecular formula is C7H3FO2. The molecule has 0 aromatic carbocycles. The molecule has 0 spiro atoms. The van der Waals surface area contributed by atoms with Crippen molar-refractivity contribution < 1.29 is 13.9 Å². The molecule has 0 radical (unpaired) electrons. The molecule has 0 N–H and O–H groups in total. The second kappa shape index (κ2) is 1.56. The van der Waals surface area contributed by atoms with Gasteiger partial charge in [-0.15, -0.1) is 0 Å². The zero-order valence-corrected chi connectivity index (χ0v) is 4.93. The largest absolute Gasteiger partial charge is 0.420 e. The van der Waals surface area contributed by atoms with Crippen molar-refractivity contribution in [2.24, 2.45) is 0 Å². The van der Waals surface area contributed by atoms with E-state index in [0.29, 0.717) is 5.76 Å². The van der Waals surface area contributed by atoms with Crippen molar-refractivity contribution >= 4 is 5.97 Å². The third kappa shape index (κ3) is 0.492. The average Bonchev–Trinajstić information content (AvgIpc) is 2.41. The summed E-state index contributed by atoms with van der Waals surface area (Å²) in [5, 5.41) is 0. The standard InChI is InChI=1S/C7H3FO2/c8-6-4-2-1-3-5(4)10-7(6)9/h1-3H. The van der Waals surface area contributed by atoms with Crippen LogP contribution in [0.1, 0.15) is 0 Å². The van der Waals surface area contributed by atoms with Gasteiger partial charge in [0.25, 0.3) is 0 Å². The van der Waals surface area contributed by atoms with Crippen LogP contribution in [-0.2, 0) is 9.53 Å². The molecular weight excluding hydrogens is 135 g/mol. The lowest BCUT2D eigenvalue weighted by atomic mass is 10.3. The maximum Gasteiger partial charge on any atom is 0.373 e. The second-order valence-corrected chi connectivity index (χ2v) is 2.01. The van der Waals surface area contributed by atoms with E-state index in [0.717, 1.165) is 0 Å². The summed E-state index contributed by atoms with van der Waals surface area (Å²) in [6.45, 7) is 0. The van der Waals surface area contributed by atoms with Crippen molar-refractivity contribution in [2.45, 2.75) is 0 Å². The molecule has 0 amide bonds. The van der Waals surface area contributed by atoms with Crippen molar-refractivity contribution in [1.82, 2.24) is 0 Å². The highest BCUT2D eigenvalue weighted by Gasteiger charge is 2.29. The number of fused-ring (bicyclic) bond motifs is 1. The molecule has 0 fully saturated rings. The highest BCUT2D eigenvalue weighted by Crippen LogP contribution is 2.31. The highest BCUT2D eigenvalue weighted by atomic mass is 19.1. The van der Waals surface area contributed by atoms with E-state index in [4.69, 9.17) is 0 Å². The third-order valence-electron chi connectivity index (χ3n) is 1.39. The van der Waals surface area contributed by atoms with Gasteiger partial charge in [-0.25, -0.2) is 4.79 Å². The van der Waals surface area contributed by atoms with E-state index < -0.39 is 11.8 Å². The van der Waals surface area contributed by atoms with Gasteiger partial charge in [-0.05, 0) is 12.2 Å². The van der Waals surface area contributed by atoms with Crippen LogP contribution in [0.25, 0.3) is 0 Å². The summed E-state index contributed by atoms with van der Waals surface area (Å²) >= 11 is 0. The van der Waals surface area contributed by atoms with Crippen molar-refractivity contribution in [3.05, 3.63) is 35.4 Å². The maximum absolute atomic E-state index is 12.6. The molecule has 0 aromatic heterocycles. The van der Waals surface area contributed by atoms with Gasteiger partial charge in [-0.1, -0.05) is 6.08 Å². The Kier molecular flexibility index (Phi) is 0.845. The SMILES string of the molecule is O=C1OC2=CC=CC2=C1F. The number of hydrogen-bond acceptors (Lipinski definition) is 2. The van der Waals surface area contributed by atoms with Gasteiger partial charge >= 0.3 is 5.97 Å². The van der Waals surface area contributed by atoms with Crippen LogP contribution in [0.15, 0.2) is 35.4 Å². The fourth-order valence-corrected chi connectivity index (χ4v) is 0.929. The van der Waals surface area contributed by atoms with Gasteiger partial charge in [0.15, 0.2) is 0 Å². The first kappa shape index (κ1) is 5.41. The average molecular weight is 138 g/mol. The molecule has 10 heavy (non-hydrogen) atoms. The van der Waals surface area contributed by atoms with Gasteiger partial charge in [-0.2, -0.15) is 4.39 Å². The summed E-state index contributed by atoms with van der Waals surface area (Å²) in [6.07, 6.45) is 4.70. The quantitative estimate of drug-likeness (QED) is 0.470. The molecule has 2 aliphatic rings. The van der Waals surface area contributed by atoms with E-state index in [2.05, 4.69) is 4.74 Å². The molecule has 1 heterocycles. The number of rotatable bonds is 0. The van der Waals surface area contributed by atoms with Crippen molar-refractivity contribution in [3.8, 4) is 0 Å². The molecule has 1 aliphatic carbocycles. The van der Waals surface area contributed by atoms with Gasteiger partial charge in [0.2, 0.25) is 5.83 Å². The molecule has 3 heteroatoms. The molecule has 0 atom stereocenters. The number of allylic oxidation sites excluding steroid dienone is 3. The van der Waals surface area contributed by atoms with Gasteiger partial charge in [0.05, 0.1) is 5.57 Å². The number of esters is 1. The number of carbonyl (C=O) groups is 1. The first-order valence-electron chi connectivity index (χ1n) is 2.80. The predicted octanol–water partition coefficient (Wildman–Crippen LogP) is 1.22. The summed E-state index contributed by atoms with van der Waals surface area (Å²) in [4.78, 5) is 10.5. The Morgan fingerprint density at radius 1 is 1.50 bits per heavy atom. The van der Waals surface area contributed by atoms with Gasteiger partial charge in [0, 0.05) is 0 Å². The summed E-state index contributed by atoms with van der Waals surface area (Å²) in [6, 6.07) is 0. The Bertz CT molecular complexity index is 297. The van der Waals surface area contributed by atoms with Crippen LogP contribution in [0.5, 0.6) is 0 Å². The van der Waals surface area contributed by atoms with Crippen molar-refractivity contribution in [3.63, 3.8) is 0 Å². The van der Waals surface area contributed by atoms with E-state index in [9.17, 15) is 9.18 Å². The molecule has 0 bridgehead atoms. The molecule has 0 saturated heterocycles. The molecule has 2 rings (SSSR count). The van der Waals surface area contributed by atoms with Crippen molar-refractivity contribution in [1.29, 1.82) is 0 Å². The lowest BCUT2D eigenvalue weighted by Crippen LogP contribution is -1.93. The van der Waals surface area contributed by atoms with Gasteiger partial charge < -0.3 is 4.74 Å². The third-order valence-corrected chi connectivity index (χ3v) is 1.39. The van der Waals surface area contributed by atoms with Crippen molar-refractivity contribution in [2.75, 3.05) is 0 Å². The van der Waals surface area contributed by atoms with E-state index in [-0.39, 0.29) is 5.57 Å². The van der Waals surface area contributed by atoms with E-state index in [1.807, 2.05) is 0 Å². The summed E-state index contributed by atoms with van der Waals surface area (Å²) in [5.41, 5.74) is 0.269. The van der Waals surface area contributed by atoms with Gasteiger partial charge in [0.1, 0.15) is 5.76 Å². The molecule has 2 nitrogen and oxygen atoms in total. The lowest BCUT2D eigenvalue weighted by molar-refractivity contribution is -0.134. The van der Waals surface area contributed by atoms with E-state index in [1.54, 1.807) is 12.2 Å². The lowest BCUT2D eigenvalue weighted by Gasteiger charge is -1.89. The van der Waals surface area contributed by atoms with Crippen LogP contribution in [-0.4, -0.2) is 5.97 Å². The Balaban J connectivity index is 2.59. The minimum atomic E-state index is -0.884. The molecule has 50 valence electrons. The van der Waals surface area contributed by atoms with E-state index >= 15 is 0 Å². The summed E-state index contributed by atoms with van der Waals surface area (Å²) in [7, 11) is 0. The molecule has 0 saturated carbocycles.